The van der Waals surface area contributed by atoms with Gasteiger partial charge in [0.1, 0.15) is 0 Å². The van der Waals surface area contributed by atoms with Crippen molar-refractivity contribution in [3.63, 3.8) is 0 Å². The van der Waals surface area contributed by atoms with Gasteiger partial charge in [0.25, 0.3) is 0 Å². The number of hydrogen-bond donors (Lipinski definition) is 1. The quantitative estimate of drug-likeness (QED) is 0.372. The Labute approximate surface area is 201 Å². The maximum absolute atomic E-state index is 12.6. The van der Waals surface area contributed by atoms with Crippen LogP contribution >= 0.6 is 27.7 Å². The monoisotopic (exact) mass is 518 g/mol. The SMILES string of the molecule is COc1ccccc1OC(C)c1nnc(SCC(=O)Nc2ccc(Br)cc2C(C)C)n1C. The van der Waals surface area contributed by atoms with Gasteiger partial charge in [-0.15, -0.1) is 10.2 Å². The third-order valence-electron chi connectivity index (χ3n) is 4.85. The van der Waals surface area contributed by atoms with Crippen LogP contribution in [0.15, 0.2) is 52.1 Å². The fourth-order valence-corrected chi connectivity index (χ4v) is 4.30. The molecule has 1 unspecified atom stereocenters. The average molecular weight is 519 g/mol. The van der Waals surface area contributed by atoms with Crippen molar-refractivity contribution in [3.8, 4) is 11.5 Å². The molecule has 3 aromatic rings. The number of nitrogens with one attached hydrogen (secondary N) is 1. The van der Waals surface area contributed by atoms with E-state index in [0.29, 0.717) is 28.4 Å². The van der Waals surface area contributed by atoms with Crippen molar-refractivity contribution >= 4 is 39.3 Å². The van der Waals surface area contributed by atoms with Crippen LogP contribution < -0.4 is 14.8 Å². The molecule has 0 saturated heterocycles. The Balaban J connectivity index is 1.63. The van der Waals surface area contributed by atoms with Gasteiger partial charge in [-0.25, -0.2) is 0 Å². The highest BCUT2D eigenvalue weighted by Crippen LogP contribution is 2.31. The molecule has 9 heteroatoms. The molecule has 1 heterocycles. The Hall–Kier alpha value is -2.52. The number of anilines is 1. The van der Waals surface area contributed by atoms with Crippen LogP contribution in [-0.2, 0) is 11.8 Å². The van der Waals surface area contributed by atoms with Gasteiger partial charge in [-0.3, -0.25) is 4.79 Å². The molecule has 0 bridgehead atoms. The number of nitrogens with zero attached hydrogens (tertiary/aromatic N) is 3. The Bertz CT molecular complexity index is 1090. The van der Waals surface area contributed by atoms with Gasteiger partial charge in [0, 0.05) is 17.2 Å². The van der Waals surface area contributed by atoms with E-state index in [1.807, 2.05) is 61.0 Å². The summed E-state index contributed by atoms with van der Waals surface area (Å²) in [5.74, 6) is 2.37. The van der Waals surface area contributed by atoms with E-state index in [2.05, 4.69) is 45.3 Å². The minimum absolute atomic E-state index is 0.0953. The standard InChI is InChI=1S/C23H27BrN4O3S/c1-14(2)17-12-16(24)10-11-18(17)25-21(29)13-32-23-27-26-22(28(23)4)15(3)31-20-9-7-6-8-19(20)30-5/h6-12,14-15H,13H2,1-5H3,(H,25,29). The lowest BCUT2D eigenvalue weighted by atomic mass is 10.0. The molecule has 2 aromatic carbocycles. The number of hydrogen-bond acceptors (Lipinski definition) is 6. The number of rotatable bonds is 9. The highest BCUT2D eigenvalue weighted by molar-refractivity contribution is 9.10. The molecule has 0 aliphatic heterocycles. The van der Waals surface area contributed by atoms with Gasteiger partial charge in [0.05, 0.1) is 12.9 Å². The molecule has 1 aromatic heterocycles. The van der Waals surface area contributed by atoms with Crippen molar-refractivity contribution in [3.05, 3.63) is 58.3 Å². The molecule has 32 heavy (non-hydrogen) atoms. The maximum atomic E-state index is 12.6. The fourth-order valence-electron chi connectivity index (χ4n) is 3.21. The maximum Gasteiger partial charge on any atom is 0.234 e. The Morgan fingerprint density at radius 1 is 1.16 bits per heavy atom. The van der Waals surface area contributed by atoms with Crippen LogP contribution in [0.1, 0.15) is 44.2 Å². The molecule has 1 N–H and O–H groups in total. The van der Waals surface area contributed by atoms with Gasteiger partial charge in [0.2, 0.25) is 5.91 Å². The number of benzene rings is 2. The smallest absolute Gasteiger partial charge is 0.234 e. The molecule has 0 spiro atoms. The van der Waals surface area contributed by atoms with Crippen LogP contribution in [0, 0.1) is 0 Å². The lowest BCUT2D eigenvalue weighted by molar-refractivity contribution is -0.113. The highest BCUT2D eigenvalue weighted by atomic mass is 79.9. The largest absolute Gasteiger partial charge is 0.493 e. The van der Waals surface area contributed by atoms with Crippen LogP contribution in [-0.4, -0.2) is 33.5 Å². The van der Waals surface area contributed by atoms with E-state index in [0.717, 1.165) is 15.7 Å². The van der Waals surface area contributed by atoms with Crippen molar-refractivity contribution in [2.75, 3.05) is 18.2 Å². The Morgan fingerprint density at radius 3 is 2.56 bits per heavy atom. The van der Waals surface area contributed by atoms with Crippen LogP contribution in [0.3, 0.4) is 0 Å². The van der Waals surface area contributed by atoms with Crippen LogP contribution in [0.2, 0.25) is 0 Å². The third-order valence-corrected chi connectivity index (χ3v) is 6.36. The number of amides is 1. The van der Waals surface area contributed by atoms with Gasteiger partial charge < -0.3 is 19.4 Å². The first-order valence-electron chi connectivity index (χ1n) is 10.2. The molecular weight excluding hydrogens is 492 g/mol. The normalized spacial score (nSPS) is 12.0. The van der Waals surface area contributed by atoms with Gasteiger partial charge >= 0.3 is 0 Å². The first kappa shape index (κ1) is 24.1. The van der Waals surface area contributed by atoms with E-state index in [9.17, 15) is 4.79 Å². The molecule has 7 nitrogen and oxygen atoms in total. The van der Waals surface area contributed by atoms with Crippen molar-refractivity contribution in [2.45, 2.75) is 37.9 Å². The second-order valence-electron chi connectivity index (χ2n) is 7.53. The predicted molar refractivity (Wildman–Crippen MR) is 131 cm³/mol. The number of ether oxygens (including phenoxy) is 2. The summed E-state index contributed by atoms with van der Waals surface area (Å²) in [5.41, 5.74) is 1.91. The number of carbonyl (C=O) groups is 1. The first-order valence-corrected chi connectivity index (χ1v) is 12.0. The second-order valence-corrected chi connectivity index (χ2v) is 9.39. The highest BCUT2D eigenvalue weighted by Gasteiger charge is 2.19. The zero-order chi connectivity index (χ0) is 23.3. The molecule has 0 saturated carbocycles. The summed E-state index contributed by atoms with van der Waals surface area (Å²) in [7, 11) is 3.47. The molecule has 1 atom stereocenters. The summed E-state index contributed by atoms with van der Waals surface area (Å²) in [5, 5.41) is 12.2. The van der Waals surface area contributed by atoms with E-state index in [1.54, 1.807) is 7.11 Å². The van der Waals surface area contributed by atoms with Crippen LogP contribution in [0.4, 0.5) is 5.69 Å². The number of carbonyl (C=O) groups excluding carboxylic acids is 1. The molecule has 170 valence electrons. The summed E-state index contributed by atoms with van der Waals surface area (Å²) in [6.07, 6.45) is -0.344. The third kappa shape index (κ3) is 5.83. The van der Waals surface area contributed by atoms with Gasteiger partial charge in [-0.05, 0) is 48.7 Å². The van der Waals surface area contributed by atoms with Crippen molar-refractivity contribution in [1.82, 2.24) is 14.8 Å². The van der Waals surface area contributed by atoms with E-state index in [1.165, 1.54) is 11.8 Å². The number of aromatic nitrogens is 3. The molecule has 3 rings (SSSR count). The van der Waals surface area contributed by atoms with Crippen molar-refractivity contribution in [1.29, 1.82) is 0 Å². The van der Waals surface area contributed by atoms with Gasteiger partial charge in [0.15, 0.2) is 28.6 Å². The fraction of sp³-hybridized carbons (Fsp3) is 0.348. The summed E-state index contributed by atoms with van der Waals surface area (Å²) < 4.78 is 14.2. The molecule has 1 amide bonds. The minimum Gasteiger partial charge on any atom is -0.493 e. The molecule has 0 radical (unpaired) electrons. The zero-order valence-corrected chi connectivity index (χ0v) is 21.2. The summed E-state index contributed by atoms with van der Waals surface area (Å²) >= 11 is 4.82. The van der Waals surface area contributed by atoms with Gasteiger partial charge in [-0.2, -0.15) is 0 Å². The second kappa shape index (κ2) is 10.9. The van der Waals surface area contributed by atoms with E-state index >= 15 is 0 Å². The lowest BCUT2D eigenvalue weighted by Gasteiger charge is -2.16. The lowest BCUT2D eigenvalue weighted by Crippen LogP contribution is -2.16. The van der Waals surface area contributed by atoms with E-state index < -0.39 is 0 Å². The zero-order valence-electron chi connectivity index (χ0n) is 18.8. The summed E-state index contributed by atoms with van der Waals surface area (Å²) in [6, 6.07) is 13.3. The molecule has 0 aliphatic carbocycles. The van der Waals surface area contributed by atoms with Crippen molar-refractivity contribution < 1.29 is 14.3 Å². The number of thioether (sulfide) groups is 1. The molecular formula is C23H27BrN4O3S. The first-order chi connectivity index (χ1) is 15.3. The Kier molecular flexibility index (Phi) is 8.20. The molecule has 0 aliphatic rings. The summed E-state index contributed by atoms with van der Waals surface area (Å²) in [6.45, 7) is 6.10. The topological polar surface area (TPSA) is 78.3 Å². The number of methoxy groups -OCH3 is 1. The Morgan fingerprint density at radius 2 is 1.88 bits per heavy atom. The van der Waals surface area contributed by atoms with Crippen LogP contribution in [0.25, 0.3) is 0 Å². The predicted octanol–water partition coefficient (Wildman–Crippen LogP) is 5.58. The number of para-hydroxylation sites is 2. The van der Waals surface area contributed by atoms with Crippen molar-refractivity contribution in [2.24, 2.45) is 7.05 Å². The average Bonchev–Trinajstić information content (AvgIpc) is 3.14. The minimum atomic E-state index is -0.344. The summed E-state index contributed by atoms with van der Waals surface area (Å²) in [4.78, 5) is 12.6. The van der Waals surface area contributed by atoms with Gasteiger partial charge in [-0.1, -0.05) is 53.7 Å². The van der Waals surface area contributed by atoms with E-state index in [4.69, 9.17) is 9.47 Å². The van der Waals surface area contributed by atoms with E-state index in [-0.39, 0.29) is 17.8 Å². The molecule has 0 fully saturated rings. The van der Waals surface area contributed by atoms with Crippen LogP contribution in [0.5, 0.6) is 11.5 Å². The number of halogens is 1.